The highest BCUT2D eigenvalue weighted by atomic mass is 19.1. The minimum Gasteiger partial charge on any atom is -0.493 e. The number of ether oxygens (including phenoxy) is 3. The Morgan fingerprint density at radius 1 is 0.612 bits per heavy atom. The lowest BCUT2D eigenvalue weighted by Gasteiger charge is -2.44. The molecule has 4 fully saturated rings. The maximum absolute atomic E-state index is 14.8. The molecule has 4 aromatic rings. The summed E-state index contributed by atoms with van der Waals surface area (Å²) in [6, 6.07) is 23.1. The van der Waals surface area contributed by atoms with Gasteiger partial charge in [0.25, 0.3) is 0 Å². The van der Waals surface area contributed by atoms with E-state index in [1.807, 2.05) is 60.7 Å². The third kappa shape index (κ3) is 16.4. The van der Waals surface area contributed by atoms with Gasteiger partial charge >= 0.3 is 6.09 Å². The van der Waals surface area contributed by atoms with Crippen LogP contribution in [0, 0.1) is 23.5 Å². The molecule has 8 bridgehead atoms. The largest absolute Gasteiger partial charge is 0.493 e. The summed E-state index contributed by atoms with van der Waals surface area (Å²) in [6.07, 6.45) is -0.868. The first kappa shape index (κ1) is 61.9. The number of carbonyl (C=O) groups is 7. The molecule has 22 heteroatoms. The summed E-state index contributed by atoms with van der Waals surface area (Å²) >= 11 is 0. The molecule has 4 aromatic carbocycles. The Morgan fingerprint density at radius 3 is 1.59 bits per heavy atom. The van der Waals surface area contributed by atoms with Crippen LogP contribution in [-0.4, -0.2) is 184 Å². The highest BCUT2D eigenvalue weighted by Crippen LogP contribution is 2.29. The first-order valence-corrected chi connectivity index (χ1v) is 29.5. The summed E-state index contributed by atoms with van der Waals surface area (Å²) in [5.41, 5.74) is 1.93. The van der Waals surface area contributed by atoms with Crippen LogP contribution in [-0.2, 0) is 59.4 Å². The van der Waals surface area contributed by atoms with Crippen LogP contribution in [0.15, 0.2) is 97.1 Å². The van der Waals surface area contributed by atoms with Crippen LogP contribution >= 0.6 is 0 Å². The number of piperazine rings is 2. The van der Waals surface area contributed by atoms with Gasteiger partial charge in [0.05, 0.1) is 43.2 Å². The molecule has 20 nitrogen and oxygen atoms in total. The predicted molar refractivity (Wildman–Crippen MR) is 307 cm³/mol. The molecule has 0 spiro atoms. The van der Waals surface area contributed by atoms with E-state index >= 15 is 0 Å². The van der Waals surface area contributed by atoms with Crippen LogP contribution in [0.5, 0.6) is 11.5 Å². The molecule has 6 heterocycles. The SMILES string of the molecule is CC(C)(C)OC(=O)N1CCN(Cc2ccccc2)C(=O)[C@@H]1[C@@H](O)[C@@H]1Cc2cc(F)cc(c2)OCCCCN2CC(CC2=O)C(=O)N1.O=C1N[C@H]([C@H](O)[C@@H]2NCCN(Cc3ccccc3)C2=O)Cc2cc(F)cc(c2)OCCCCN2CC1CC2=O. The van der Waals surface area contributed by atoms with Gasteiger partial charge < -0.3 is 60.0 Å². The molecule has 6 aliphatic heterocycles. The van der Waals surface area contributed by atoms with Crippen molar-refractivity contribution in [2.45, 2.75) is 127 Å². The van der Waals surface area contributed by atoms with Crippen LogP contribution < -0.4 is 25.4 Å². The molecule has 7 amide bonds. The number of hydrogen-bond donors (Lipinski definition) is 5. The molecule has 8 atom stereocenters. The summed E-state index contributed by atoms with van der Waals surface area (Å²) in [7, 11) is 0. The monoisotopic (exact) mass is 1180 g/mol. The standard InChI is InChI=1S/C34H43FN4O7.C29H35FN4O5/c1-34(2,3)46-33(44)39-13-12-38(20-22-9-5-4-6-10-22)32(43)29(39)30(41)27-17-23-15-25(35)19-26(16-23)45-14-8-7-11-37-21-24(18-28(37)40)31(42)36-27;30-22-12-20-13-23(16-22)39-11-5-4-9-33-18-21(15-25(33)35)28(37)32-24(14-20)27(36)26-29(38)34(10-8-31-26)17-19-6-2-1-3-7-19/h4-6,9-10,15-16,19,24,27,29-30,41H,7-8,11-14,17-18,20-21H2,1-3H3,(H,36,42);1-3,6-7,12-13,16,21,24,26-27,31,36H,4-5,8-11,14-15,17-18H2,(H,32,37)/t24?,27-,29-,30-;21?,24-,26-,27-/m00/s1. The van der Waals surface area contributed by atoms with E-state index in [4.69, 9.17) is 14.2 Å². The van der Waals surface area contributed by atoms with Gasteiger partial charge in [-0.25, -0.2) is 13.6 Å². The molecule has 0 saturated carbocycles. The van der Waals surface area contributed by atoms with Crippen molar-refractivity contribution < 1.29 is 66.8 Å². The number of amides is 7. The normalized spacial score (nSPS) is 24.4. The molecular formula is C63H78F2N8O12. The topological polar surface area (TPSA) is 240 Å². The second kappa shape index (κ2) is 28.0. The molecule has 10 rings (SSSR count). The Hall–Kier alpha value is -7.69. The summed E-state index contributed by atoms with van der Waals surface area (Å²) in [5.74, 6) is -3.41. The second-order valence-corrected chi connectivity index (χ2v) is 23.8. The zero-order chi connectivity index (χ0) is 60.4. The van der Waals surface area contributed by atoms with Crippen molar-refractivity contribution in [2.24, 2.45) is 11.8 Å². The fourth-order valence-corrected chi connectivity index (χ4v) is 11.8. The Kier molecular flexibility index (Phi) is 20.4. The zero-order valence-corrected chi connectivity index (χ0v) is 48.5. The van der Waals surface area contributed by atoms with E-state index < -0.39 is 83.4 Å². The summed E-state index contributed by atoms with van der Waals surface area (Å²) in [6.45, 7) is 9.25. The number of nitrogens with one attached hydrogen (secondary N) is 3. The van der Waals surface area contributed by atoms with E-state index in [0.717, 1.165) is 11.1 Å². The maximum atomic E-state index is 14.8. The Labute approximate surface area is 494 Å². The van der Waals surface area contributed by atoms with E-state index in [-0.39, 0.29) is 75.5 Å². The predicted octanol–water partition coefficient (Wildman–Crippen LogP) is 4.12. The average molecular weight is 1180 g/mol. The lowest BCUT2D eigenvalue weighted by Crippen LogP contribution is -2.66. The van der Waals surface area contributed by atoms with Crippen LogP contribution in [0.1, 0.15) is 81.5 Å². The van der Waals surface area contributed by atoms with E-state index in [0.29, 0.717) is 101 Å². The maximum Gasteiger partial charge on any atom is 0.411 e. The number of hydrogen-bond acceptors (Lipinski definition) is 13. The number of halogens is 2. The average Bonchev–Trinajstić information content (AvgIpc) is 4.17. The van der Waals surface area contributed by atoms with Crippen molar-refractivity contribution in [3.05, 3.63) is 131 Å². The molecule has 5 N–H and O–H groups in total. The van der Waals surface area contributed by atoms with Crippen molar-refractivity contribution in [1.29, 1.82) is 0 Å². The van der Waals surface area contributed by atoms with E-state index in [1.54, 1.807) is 52.5 Å². The Balaban J connectivity index is 0.000000206. The Morgan fingerprint density at radius 2 is 1.09 bits per heavy atom. The number of fused-ring (bicyclic) bond motifs is 8. The number of aliphatic hydroxyl groups excluding tert-OH is 2. The first-order chi connectivity index (χ1) is 40.7. The van der Waals surface area contributed by atoms with E-state index in [1.165, 1.54) is 29.2 Å². The third-order valence-electron chi connectivity index (χ3n) is 16.2. The lowest BCUT2D eigenvalue weighted by atomic mass is 9.92. The van der Waals surface area contributed by atoms with Gasteiger partial charge in [0.15, 0.2) is 0 Å². The second-order valence-electron chi connectivity index (χ2n) is 23.8. The number of rotatable bonds is 8. The fourth-order valence-electron chi connectivity index (χ4n) is 11.8. The quantitative estimate of drug-likeness (QED) is 0.167. The van der Waals surface area contributed by atoms with E-state index in [2.05, 4.69) is 16.0 Å². The van der Waals surface area contributed by atoms with Gasteiger partial charge in [0.1, 0.15) is 46.9 Å². The van der Waals surface area contributed by atoms with Crippen molar-refractivity contribution in [3.63, 3.8) is 0 Å². The van der Waals surface area contributed by atoms with Crippen LogP contribution in [0.25, 0.3) is 0 Å². The molecule has 4 saturated heterocycles. The Bertz CT molecular complexity index is 3030. The molecular weight excluding hydrogens is 1100 g/mol. The van der Waals surface area contributed by atoms with Gasteiger partial charge in [0, 0.05) is 90.4 Å². The van der Waals surface area contributed by atoms with Crippen molar-refractivity contribution >= 4 is 41.5 Å². The van der Waals surface area contributed by atoms with Gasteiger partial charge in [-0.2, -0.15) is 0 Å². The molecule has 0 aliphatic carbocycles. The van der Waals surface area contributed by atoms with E-state index in [9.17, 15) is 52.6 Å². The lowest BCUT2D eigenvalue weighted by molar-refractivity contribution is -0.149. The zero-order valence-electron chi connectivity index (χ0n) is 48.5. The van der Waals surface area contributed by atoms with Crippen LogP contribution in [0.3, 0.4) is 0 Å². The van der Waals surface area contributed by atoms with Gasteiger partial charge in [-0.1, -0.05) is 60.7 Å². The van der Waals surface area contributed by atoms with Crippen molar-refractivity contribution in [1.82, 2.24) is 40.4 Å². The third-order valence-corrected chi connectivity index (χ3v) is 16.2. The fraction of sp³-hybridized carbons (Fsp3) is 0.508. The molecule has 456 valence electrons. The molecule has 6 aliphatic rings. The minimum absolute atomic E-state index is 0.0203. The molecule has 0 aromatic heterocycles. The van der Waals surface area contributed by atoms with Crippen LogP contribution in [0.4, 0.5) is 13.6 Å². The van der Waals surface area contributed by atoms with Gasteiger partial charge in [-0.3, -0.25) is 33.7 Å². The smallest absolute Gasteiger partial charge is 0.411 e. The summed E-state index contributed by atoms with van der Waals surface area (Å²) in [5, 5.41) is 32.5. The number of nitrogens with zero attached hydrogens (tertiary/aromatic N) is 5. The number of aliphatic hydroxyl groups is 2. The number of benzene rings is 4. The highest BCUT2D eigenvalue weighted by Gasteiger charge is 2.48. The van der Waals surface area contributed by atoms with Gasteiger partial charge in [-0.05, 0) is 106 Å². The van der Waals surface area contributed by atoms with Gasteiger partial charge in [0.2, 0.25) is 35.4 Å². The first-order valence-electron chi connectivity index (χ1n) is 29.5. The number of carbonyl (C=O) groups excluding carboxylic acids is 7. The van der Waals surface area contributed by atoms with Gasteiger partial charge in [-0.15, -0.1) is 0 Å². The van der Waals surface area contributed by atoms with Crippen molar-refractivity contribution in [2.75, 3.05) is 65.6 Å². The molecule has 0 radical (unpaired) electrons. The summed E-state index contributed by atoms with van der Waals surface area (Å²) < 4.78 is 46.4. The summed E-state index contributed by atoms with van der Waals surface area (Å²) in [4.78, 5) is 101. The van der Waals surface area contributed by atoms with Crippen LogP contribution in [0.2, 0.25) is 0 Å². The highest BCUT2D eigenvalue weighted by molar-refractivity contribution is 5.91. The van der Waals surface area contributed by atoms with Crippen molar-refractivity contribution in [3.8, 4) is 11.5 Å². The molecule has 2 unspecified atom stereocenters. The molecule has 85 heavy (non-hydrogen) atoms. The minimum atomic E-state index is -1.61.